The second-order valence-electron chi connectivity index (χ2n) is 7.91. The van der Waals surface area contributed by atoms with E-state index in [1.807, 2.05) is 18.2 Å². The fourth-order valence-corrected chi connectivity index (χ4v) is 4.19. The number of carbonyl (C=O) groups is 2. The minimum Gasteiger partial charge on any atom is -0.439 e. The van der Waals surface area contributed by atoms with Gasteiger partial charge in [-0.2, -0.15) is 0 Å². The molecule has 2 aliphatic rings. The summed E-state index contributed by atoms with van der Waals surface area (Å²) in [6, 6.07) is 11.3. The lowest BCUT2D eigenvalue weighted by atomic mass is 9.90. The summed E-state index contributed by atoms with van der Waals surface area (Å²) < 4.78 is 18.8. The maximum atomic E-state index is 13.2. The number of carbonyl (C=O) groups excluding carboxylic acids is 2. The third kappa shape index (κ3) is 2.98. The Balaban J connectivity index is 1.38. The molecule has 0 unspecified atom stereocenters. The number of oxazole rings is 1. The molecule has 1 N–H and O–H groups in total. The largest absolute Gasteiger partial charge is 0.439 e. The summed E-state index contributed by atoms with van der Waals surface area (Å²) in [5, 5.41) is 2.83. The van der Waals surface area contributed by atoms with Gasteiger partial charge >= 0.3 is 6.03 Å². The molecule has 2 heterocycles. The highest BCUT2D eigenvalue weighted by molar-refractivity contribution is 6.07. The van der Waals surface area contributed by atoms with E-state index in [1.54, 1.807) is 19.1 Å². The normalized spacial score (nSPS) is 20.5. The molecule has 1 fully saturated rings. The molecule has 1 aromatic heterocycles. The van der Waals surface area contributed by atoms with Crippen molar-refractivity contribution in [2.75, 3.05) is 0 Å². The number of aromatic nitrogens is 1. The highest BCUT2D eigenvalue weighted by Crippen LogP contribution is 2.33. The van der Waals surface area contributed by atoms with Crippen molar-refractivity contribution in [3.05, 3.63) is 77.1 Å². The van der Waals surface area contributed by atoms with Gasteiger partial charge in [0.1, 0.15) is 17.9 Å². The van der Waals surface area contributed by atoms with Crippen LogP contribution >= 0.6 is 0 Å². The zero-order valence-electron chi connectivity index (χ0n) is 16.4. The van der Waals surface area contributed by atoms with Crippen molar-refractivity contribution >= 4 is 11.9 Å². The first-order valence-electron chi connectivity index (χ1n) is 9.91. The van der Waals surface area contributed by atoms with E-state index in [9.17, 15) is 14.0 Å². The Bertz CT molecular complexity index is 1150. The van der Waals surface area contributed by atoms with Crippen molar-refractivity contribution in [2.45, 2.75) is 38.3 Å². The smallest absolute Gasteiger partial charge is 0.325 e. The van der Waals surface area contributed by atoms with Crippen LogP contribution in [-0.4, -0.2) is 21.8 Å². The molecule has 1 aliphatic carbocycles. The molecule has 3 aromatic rings. The van der Waals surface area contributed by atoms with Gasteiger partial charge in [0.2, 0.25) is 5.89 Å². The van der Waals surface area contributed by atoms with Gasteiger partial charge < -0.3 is 9.73 Å². The number of urea groups is 1. The summed E-state index contributed by atoms with van der Waals surface area (Å²) in [4.78, 5) is 31.1. The zero-order chi connectivity index (χ0) is 20.9. The Morgan fingerprint density at radius 2 is 1.90 bits per heavy atom. The number of nitrogens with zero attached hydrogens (tertiary/aromatic N) is 2. The molecular weight excluding hydrogens is 385 g/mol. The predicted octanol–water partition coefficient (Wildman–Crippen LogP) is 3.94. The van der Waals surface area contributed by atoms with E-state index in [1.165, 1.54) is 29.5 Å². The molecule has 3 amide bonds. The highest BCUT2D eigenvalue weighted by atomic mass is 19.1. The number of amides is 3. The van der Waals surface area contributed by atoms with Crippen molar-refractivity contribution in [1.82, 2.24) is 15.2 Å². The number of rotatable bonds is 4. The van der Waals surface area contributed by atoms with Gasteiger partial charge in [0.25, 0.3) is 5.91 Å². The van der Waals surface area contributed by atoms with E-state index in [-0.39, 0.29) is 24.2 Å². The van der Waals surface area contributed by atoms with Crippen molar-refractivity contribution in [3.63, 3.8) is 0 Å². The minimum absolute atomic E-state index is 0.0770. The summed E-state index contributed by atoms with van der Waals surface area (Å²) in [5.41, 5.74) is 2.87. The van der Waals surface area contributed by atoms with Crippen LogP contribution in [0.1, 0.15) is 35.9 Å². The summed E-state index contributed by atoms with van der Waals surface area (Å²) in [6.07, 6.45) is 4.66. The average Bonchev–Trinajstić information content (AvgIpc) is 3.44. The van der Waals surface area contributed by atoms with E-state index in [0.29, 0.717) is 11.3 Å². The average molecular weight is 405 g/mol. The second kappa shape index (κ2) is 6.79. The molecule has 30 heavy (non-hydrogen) atoms. The molecule has 0 radical (unpaired) electrons. The third-order valence-electron chi connectivity index (χ3n) is 5.93. The van der Waals surface area contributed by atoms with Crippen LogP contribution in [0.4, 0.5) is 9.18 Å². The van der Waals surface area contributed by atoms with E-state index >= 15 is 0 Å². The first-order chi connectivity index (χ1) is 14.4. The number of hydrogen-bond donors (Lipinski definition) is 1. The maximum absolute atomic E-state index is 13.2. The molecule has 2 aromatic carbocycles. The molecule has 0 spiro atoms. The highest BCUT2D eigenvalue weighted by Gasteiger charge is 2.49. The van der Waals surface area contributed by atoms with Gasteiger partial charge in [0.15, 0.2) is 5.76 Å². The molecule has 1 aliphatic heterocycles. The van der Waals surface area contributed by atoms with Crippen molar-refractivity contribution < 1.29 is 18.4 Å². The molecular formula is C23H20FN3O3. The van der Waals surface area contributed by atoms with Crippen LogP contribution in [0.25, 0.3) is 11.3 Å². The SMILES string of the molecule is C[C@]1(c2ccc3c(c2)CCC3)NC(=O)N(Cc2ncc(-c3ccc(F)cc3)o2)C1=O. The number of aryl methyl sites for hydroxylation is 2. The van der Waals surface area contributed by atoms with Gasteiger partial charge in [-0.25, -0.2) is 14.2 Å². The molecule has 1 atom stereocenters. The summed E-state index contributed by atoms with van der Waals surface area (Å²) >= 11 is 0. The number of imide groups is 1. The van der Waals surface area contributed by atoms with E-state index in [4.69, 9.17) is 4.42 Å². The number of hydrogen-bond acceptors (Lipinski definition) is 4. The van der Waals surface area contributed by atoms with Crippen molar-refractivity contribution in [2.24, 2.45) is 0 Å². The third-order valence-corrected chi connectivity index (χ3v) is 5.93. The van der Waals surface area contributed by atoms with Gasteiger partial charge in [-0.15, -0.1) is 0 Å². The van der Waals surface area contributed by atoms with Crippen LogP contribution in [0, 0.1) is 5.82 Å². The molecule has 0 saturated carbocycles. The number of fused-ring (bicyclic) bond motifs is 1. The predicted molar refractivity (Wildman–Crippen MR) is 107 cm³/mol. The van der Waals surface area contributed by atoms with Crippen LogP contribution < -0.4 is 5.32 Å². The van der Waals surface area contributed by atoms with Gasteiger partial charge in [0.05, 0.1) is 6.20 Å². The van der Waals surface area contributed by atoms with Gasteiger partial charge in [0, 0.05) is 5.56 Å². The minimum atomic E-state index is -1.12. The molecule has 6 nitrogen and oxygen atoms in total. The summed E-state index contributed by atoms with van der Waals surface area (Å²) in [5.74, 6) is -0.00916. The molecule has 7 heteroatoms. The summed E-state index contributed by atoms with van der Waals surface area (Å²) in [7, 11) is 0. The van der Waals surface area contributed by atoms with Crippen molar-refractivity contribution in [3.8, 4) is 11.3 Å². The molecule has 0 bridgehead atoms. The molecule has 152 valence electrons. The van der Waals surface area contributed by atoms with Crippen LogP contribution in [0.15, 0.2) is 53.1 Å². The number of halogens is 1. The Morgan fingerprint density at radius 3 is 2.70 bits per heavy atom. The van der Waals surface area contributed by atoms with Crippen molar-refractivity contribution in [1.29, 1.82) is 0 Å². The Hall–Kier alpha value is -3.48. The van der Waals surface area contributed by atoms with Crippen LogP contribution in [0.5, 0.6) is 0 Å². The molecule has 5 rings (SSSR count). The standard InChI is InChI=1S/C23H20FN3O3/c1-23(17-8-5-14-3-2-4-16(14)11-17)21(28)27(22(29)26-23)13-20-25-12-19(30-20)15-6-9-18(24)10-7-15/h5-12H,2-4,13H2,1H3,(H,26,29)/t23-/m1/s1. The van der Waals surface area contributed by atoms with E-state index < -0.39 is 11.6 Å². The lowest BCUT2D eigenvalue weighted by Crippen LogP contribution is -2.41. The Kier molecular flexibility index (Phi) is 4.20. The first-order valence-corrected chi connectivity index (χ1v) is 9.91. The van der Waals surface area contributed by atoms with Gasteiger partial charge in [-0.05, 0) is 67.1 Å². The Morgan fingerprint density at radius 1 is 1.13 bits per heavy atom. The Labute approximate surface area is 172 Å². The fraction of sp³-hybridized carbons (Fsp3) is 0.261. The number of nitrogens with one attached hydrogen (secondary N) is 1. The second-order valence-corrected chi connectivity index (χ2v) is 7.91. The number of benzene rings is 2. The van der Waals surface area contributed by atoms with Crippen LogP contribution in [-0.2, 0) is 29.7 Å². The first kappa shape index (κ1) is 18.5. The zero-order valence-corrected chi connectivity index (χ0v) is 16.4. The quantitative estimate of drug-likeness (QED) is 0.667. The van der Waals surface area contributed by atoms with Crippen LogP contribution in [0.2, 0.25) is 0 Å². The molecule has 1 saturated heterocycles. The van der Waals surface area contributed by atoms with Crippen LogP contribution in [0.3, 0.4) is 0 Å². The topological polar surface area (TPSA) is 75.4 Å². The van der Waals surface area contributed by atoms with Gasteiger partial charge in [-0.1, -0.05) is 18.2 Å². The monoisotopic (exact) mass is 405 g/mol. The fourth-order valence-electron chi connectivity index (χ4n) is 4.19. The maximum Gasteiger partial charge on any atom is 0.325 e. The summed E-state index contributed by atoms with van der Waals surface area (Å²) in [6.45, 7) is 1.65. The van der Waals surface area contributed by atoms with E-state index in [2.05, 4.69) is 10.3 Å². The lowest BCUT2D eigenvalue weighted by Gasteiger charge is -2.23. The van der Waals surface area contributed by atoms with Gasteiger partial charge in [-0.3, -0.25) is 9.69 Å². The lowest BCUT2D eigenvalue weighted by molar-refractivity contribution is -0.131. The van der Waals surface area contributed by atoms with E-state index in [0.717, 1.165) is 29.7 Å².